The molecule has 1 unspecified atom stereocenters. The van der Waals surface area contributed by atoms with Crippen molar-refractivity contribution in [2.75, 3.05) is 11.9 Å². The van der Waals surface area contributed by atoms with E-state index in [9.17, 15) is 0 Å². The first kappa shape index (κ1) is 16.0. The number of hydrogen-bond acceptors (Lipinski definition) is 3. The number of hydrogen-bond donors (Lipinski definition) is 1. The number of rotatable bonds is 3. The van der Waals surface area contributed by atoms with Gasteiger partial charge in [0.15, 0.2) is 10.3 Å². The molecule has 0 radical (unpaired) electrons. The Morgan fingerprint density at radius 3 is 2.43 bits per heavy atom. The fourth-order valence-corrected chi connectivity index (χ4v) is 3.58. The molecule has 1 aliphatic rings. The van der Waals surface area contributed by atoms with Crippen molar-refractivity contribution >= 4 is 39.9 Å². The average Bonchev–Trinajstić information content (AvgIpc) is 3.00. The summed E-state index contributed by atoms with van der Waals surface area (Å²) < 4.78 is 0. The van der Waals surface area contributed by atoms with Gasteiger partial charge in [-0.1, -0.05) is 67.2 Å². The molecule has 2 aromatic rings. The van der Waals surface area contributed by atoms with Crippen LogP contribution in [0.25, 0.3) is 0 Å². The van der Waals surface area contributed by atoms with Crippen LogP contribution in [0, 0.1) is 0 Å². The van der Waals surface area contributed by atoms with Crippen LogP contribution >= 0.6 is 24.0 Å². The van der Waals surface area contributed by atoms with Gasteiger partial charge in [-0.15, -0.1) is 0 Å². The number of nitrogens with zero attached hydrogens (tertiary/aromatic N) is 2. The van der Waals surface area contributed by atoms with Crippen LogP contribution in [0.2, 0.25) is 0 Å². The molecule has 0 amide bonds. The van der Waals surface area contributed by atoms with E-state index in [2.05, 4.69) is 34.3 Å². The summed E-state index contributed by atoms with van der Waals surface area (Å²) >= 11 is 7.43. The van der Waals surface area contributed by atoms with Crippen LogP contribution in [0.3, 0.4) is 0 Å². The Kier molecular flexibility index (Phi) is 5.31. The molecule has 1 aliphatic heterocycles. The van der Waals surface area contributed by atoms with Crippen molar-refractivity contribution in [1.29, 1.82) is 0 Å². The van der Waals surface area contributed by atoms with Gasteiger partial charge in [0.05, 0.1) is 13.1 Å². The number of para-hydroxylation sites is 1. The quantitative estimate of drug-likeness (QED) is 0.839. The second-order valence-electron chi connectivity index (χ2n) is 5.42. The molecule has 5 heteroatoms. The van der Waals surface area contributed by atoms with Gasteiger partial charge >= 0.3 is 0 Å². The SMILES string of the molecule is CC1CN=C(N(Cc2ccccc2)C(=S)Nc2ccccc2)S1. The second-order valence-corrected chi connectivity index (χ2v) is 7.21. The highest BCUT2D eigenvalue weighted by Gasteiger charge is 2.24. The van der Waals surface area contributed by atoms with Gasteiger partial charge < -0.3 is 5.32 Å². The Labute approximate surface area is 146 Å². The third-order valence-corrected chi connectivity index (χ3v) is 4.91. The zero-order valence-corrected chi connectivity index (χ0v) is 14.6. The number of thioether (sulfide) groups is 1. The van der Waals surface area contributed by atoms with Gasteiger partial charge in [-0.25, -0.2) is 0 Å². The molecule has 0 bridgehead atoms. The van der Waals surface area contributed by atoms with Gasteiger partial charge in [0, 0.05) is 10.9 Å². The highest BCUT2D eigenvalue weighted by Crippen LogP contribution is 2.25. The van der Waals surface area contributed by atoms with Crippen LogP contribution in [0.1, 0.15) is 12.5 Å². The molecule has 0 spiro atoms. The lowest BCUT2D eigenvalue weighted by atomic mass is 10.2. The molecular formula is C18H19N3S2. The van der Waals surface area contributed by atoms with E-state index in [-0.39, 0.29) is 0 Å². The van der Waals surface area contributed by atoms with Gasteiger partial charge in [-0.3, -0.25) is 9.89 Å². The summed E-state index contributed by atoms with van der Waals surface area (Å²) in [5, 5.41) is 5.50. The highest BCUT2D eigenvalue weighted by molar-refractivity contribution is 8.14. The third-order valence-electron chi connectivity index (χ3n) is 3.47. The molecule has 0 fully saturated rings. The van der Waals surface area contributed by atoms with Gasteiger partial charge in [-0.2, -0.15) is 0 Å². The molecule has 0 aromatic heterocycles. The van der Waals surface area contributed by atoms with Crippen molar-refractivity contribution in [3.8, 4) is 0 Å². The minimum Gasteiger partial charge on any atom is -0.332 e. The van der Waals surface area contributed by atoms with Crippen molar-refractivity contribution in [3.63, 3.8) is 0 Å². The first-order valence-electron chi connectivity index (χ1n) is 7.61. The number of benzene rings is 2. The van der Waals surface area contributed by atoms with E-state index in [1.165, 1.54) is 5.56 Å². The van der Waals surface area contributed by atoms with Crippen molar-refractivity contribution < 1.29 is 0 Å². The van der Waals surface area contributed by atoms with Gasteiger partial charge in [0.2, 0.25) is 0 Å². The summed E-state index contributed by atoms with van der Waals surface area (Å²) in [7, 11) is 0. The lowest BCUT2D eigenvalue weighted by Gasteiger charge is -2.25. The van der Waals surface area contributed by atoms with E-state index in [0.29, 0.717) is 10.4 Å². The molecule has 1 heterocycles. The molecule has 1 N–H and O–H groups in total. The summed E-state index contributed by atoms with van der Waals surface area (Å²) in [6.07, 6.45) is 0. The van der Waals surface area contributed by atoms with Gasteiger partial charge in [0.25, 0.3) is 0 Å². The Morgan fingerprint density at radius 2 is 1.83 bits per heavy atom. The molecule has 1 atom stereocenters. The lowest BCUT2D eigenvalue weighted by molar-refractivity contribution is 0.623. The zero-order chi connectivity index (χ0) is 16.1. The number of amidine groups is 1. The first-order valence-corrected chi connectivity index (χ1v) is 8.90. The van der Waals surface area contributed by atoms with Crippen LogP contribution in [-0.4, -0.2) is 27.0 Å². The van der Waals surface area contributed by atoms with E-state index < -0.39 is 0 Å². The maximum absolute atomic E-state index is 5.65. The minimum absolute atomic E-state index is 0.503. The van der Waals surface area contributed by atoms with Crippen LogP contribution in [0.15, 0.2) is 65.7 Å². The maximum Gasteiger partial charge on any atom is 0.179 e. The largest absolute Gasteiger partial charge is 0.332 e. The summed E-state index contributed by atoms with van der Waals surface area (Å²) in [5.74, 6) is 0. The van der Waals surface area contributed by atoms with E-state index in [1.807, 2.05) is 48.5 Å². The summed E-state index contributed by atoms with van der Waals surface area (Å²) in [4.78, 5) is 6.74. The molecule has 3 nitrogen and oxygen atoms in total. The number of aliphatic imine (C=N–C) groups is 1. The standard InChI is InChI=1S/C18H19N3S2/c1-14-12-19-18(23-14)21(13-15-8-4-2-5-9-15)17(22)20-16-10-6-3-7-11-16/h2-11,14H,12-13H2,1H3,(H,20,22). The Morgan fingerprint density at radius 1 is 1.17 bits per heavy atom. The fraction of sp³-hybridized carbons (Fsp3) is 0.222. The molecule has 2 aromatic carbocycles. The van der Waals surface area contributed by atoms with Crippen LogP contribution in [0.4, 0.5) is 5.69 Å². The van der Waals surface area contributed by atoms with E-state index >= 15 is 0 Å². The molecule has 118 valence electrons. The molecule has 3 rings (SSSR count). The Balaban J connectivity index is 1.78. The van der Waals surface area contributed by atoms with Crippen molar-refractivity contribution in [2.45, 2.75) is 18.7 Å². The number of nitrogens with one attached hydrogen (secondary N) is 1. The monoisotopic (exact) mass is 341 g/mol. The predicted molar refractivity (Wildman–Crippen MR) is 104 cm³/mol. The van der Waals surface area contributed by atoms with Crippen LogP contribution < -0.4 is 5.32 Å². The second kappa shape index (κ2) is 7.62. The number of thiocarbonyl (C=S) groups is 1. The maximum atomic E-state index is 5.65. The normalized spacial score (nSPS) is 16.7. The topological polar surface area (TPSA) is 27.6 Å². The smallest absolute Gasteiger partial charge is 0.179 e. The van der Waals surface area contributed by atoms with Crippen LogP contribution in [0.5, 0.6) is 0 Å². The molecule has 0 saturated carbocycles. The number of anilines is 1. The van der Waals surface area contributed by atoms with Crippen molar-refractivity contribution in [1.82, 2.24) is 4.90 Å². The molecule has 0 saturated heterocycles. The Bertz CT molecular complexity index is 686. The summed E-state index contributed by atoms with van der Waals surface area (Å²) in [6.45, 7) is 3.76. The summed E-state index contributed by atoms with van der Waals surface area (Å²) in [6, 6.07) is 20.4. The lowest BCUT2D eigenvalue weighted by Crippen LogP contribution is -2.37. The fourth-order valence-electron chi connectivity index (χ4n) is 2.31. The van der Waals surface area contributed by atoms with E-state index in [4.69, 9.17) is 12.2 Å². The zero-order valence-electron chi connectivity index (χ0n) is 13.0. The van der Waals surface area contributed by atoms with Gasteiger partial charge in [-0.05, 0) is 29.9 Å². The Hall–Kier alpha value is -1.85. The van der Waals surface area contributed by atoms with Gasteiger partial charge in [0.1, 0.15) is 0 Å². The molecular weight excluding hydrogens is 322 g/mol. The van der Waals surface area contributed by atoms with E-state index in [1.54, 1.807) is 11.8 Å². The average molecular weight is 342 g/mol. The van der Waals surface area contributed by atoms with Crippen molar-refractivity contribution in [3.05, 3.63) is 66.2 Å². The van der Waals surface area contributed by atoms with Crippen LogP contribution in [-0.2, 0) is 6.54 Å². The highest BCUT2D eigenvalue weighted by atomic mass is 32.2. The minimum atomic E-state index is 0.503. The third kappa shape index (κ3) is 4.33. The molecule has 23 heavy (non-hydrogen) atoms. The molecule has 0 aliphatic carbocycles. The first-order chi connectivity index (χ1) is 11.2. The predicted octanol–water partition coefficient (Wildman–Crippen LogP) is 4.38. The van der Waals surface area contributed by atoms with E-state index in [0.717, 1.165) is 23.9 Å². The summed E-state index contributed by atoms with van der Waals surface area (Å²) in [5.41, 5.74) is 2.21. The van der Waals surface area contributed by atoms with Crippen molar-refractivity contribution in [2.24, 2.45) is 4.99 Å².